The minimum Gasteiger partial charge on any atom is -0.448 e. The molecule has 0 spiro atoms. The van der Waals surface area contributed by atoms with Crippen LogP contribution in [0.1, 0.15) is 19.0 Å². The zero-order chi connectivity index (χ0) is 15.2. The van der Waals surface area contributed by atoms with Gasteiger partial charge < -0.3 is 28.7 Å². The molecule has 0 aliphatic rings. The summed E-state index contributed by atoms with van der Waals surface area (Å²) in [7, 11) is 1.64. The van der Waals surface area contributed by atoms with Crippen LogP contribution in [-0.2, 0) is 20.8 Å². The van der Waals surface area contributed by atoms with E-state index in [1.165, 1.54) is 0 Å². The molecule has 0 unspecified atom stereocenters. The summed E-state index contributed by atoms with van der Waals surface area (Å²) in [5, 5.41) is 3.24. The van der Waals surface area contributed by atoms with Gasteiger partial charge >= 0.3 is 6.08 Å². The van der Waals surface area contributed by atoms with Gasteiger partial charge in [-0.25, -0.2) is 0 Å². The number of methoxy groups -OCH3 is 1. The lowest BCUT2D eigenvalue weighted by Crippen LogP contribution is -2.14. The Labute approximate surface area is 125 Å². The summed E-state index contributed by atoms with van der Waals surface area (Å²) >= 11 is 0. The van der Waals surface area contributed by atoms with Gasteiger partial charge in [-0.3, -0.25) is 0 Å². The van der Waals surface area contributed by atoms with Crippen LogP contribution in [0.25, 0.3) is 0 Å². The topological polar surface area (TPSA) is 75.0 Å². The van der Waals surface area contributed by atoms with E-state index in [0.29, 0.717) is 46.2 Å². The van der Waals surface area contributed by atoms with Crippen molar-refractivity contribution in [3.63, 3.8) is 0 Å². The molecule has 21 heavy (non-hydrogen) atoms. The first-order valence-electron chi connectivity index (χ1n) is 7.29. The normalized spacial score (nSPS) is 11.0. The lowest BCUT2D eigenvalue weighted by Gasteiger charge is -2.05. The van der Waals surface area contributed by atoms with Crippen molar-refractivity contribution in [1.29, 1.82) is 0 Å². The zero-order valence-electron chi connectivity index (χ0n) is 12.9. The Morgan fingerprint density at radius 1 is 1.10 bits per heavy atom. The van der Waals surface area contributed by atoms with Gasteiger partial charge in [-0.2, -0.15) is 4.98 Å². The van der Waals surface area contributed by atoms with Gasteiger partial charge in [0.15, 0.2) is 0 Å². The van der Waals surface area contributed by atoms with E-state index in [0.717, 1.165) is 18.7 Å². The standard InChI is InChI=1S/C14H26N2O5/c1-3-4-15-11-13-12-21-14(16-13)20-10-9-19-8-7-18-6-5-17-2/h12,15H,3-11H2,1-2H3. The van der Waals surface area contributed by atoms with Crippen molar-refractivity contribution in [3.8, 4) is 6.08 Å². The van der Waals surface area contributed by atoms with Crippen LogP contribution in [0.5, 0.6) is 6.08 Å². The third-order valence-corrected chi connectivity index (χ3v) is 2.52. The predicted molar refractivity (Wildman–Crippen MR) is 77.5 cm³/mol. The molecule has 0 saturated heterocycles. The summed E-state index contributed by atoms with van der Waals surface area (Å²) in [6.45, 7) is 6.91. The molecule has 0 saturated carbocycles. The second kappa shape index (κ2) is 12.6. The molecule has 0 aliphatic heterocycles. The smallest absolute Gasteiger partial charge is 0.393 e. The maximum Gasteiger partial charge on any atom is 0.393 e. The monoisotopic (exact) mass is 302 g/mol. The molecule has 1 heterocycles. The van der Waals surface area contributed by atoms with E-state index in [-0.39, 0.29) is 6.08 Å². The quantitative estimate of drug-likeness (QED) is 0.518. The van der Waals surface area contributed by atoms with Gasteiger partial charge in [0, 0.05) is 13.7 Å². The van der Waals surface area contributed by atoms with Crippen LogP contribution in [0.4, 0.5) is 0 Å². The summed E-state index contributed by atoms with van der Waals surface area (Å²) in [5.41, 5.74) is 0.839. The van der Waals surface area contributed by atoms with Crippen molar-refractivity contribution in [1.82, 2.24) is 10.3 Å². The third kappa shape index (κ3) is 9.41. The van der Waals surface area contributed by atoms with E-state index in [2.05, 4.69) is 17.2 Å². The van der Waals surface area contributed by atoms with Crippen LogP contribution in [0, 0.1) is 0 Å². The van der Waals surface area contributed by atoms with Gasteiger partial charge in [-0.05, 0) is 13.0 Å². The van der Waals surface area contributed by atoms with Crippen LogP contribution in [-0.4, -0.2) is 58.3 Å². The van der Waals surface area contributed by atoms with Crippen LogP contribution >= 0.6 is 0 Å². The fraction of sp³-hybridized carbons (Fsp3) is 0.786. The summed E-state index contributed by atoms with van der Waals surface area (Å²) in [4.78, 5) is 4.20. The molecule has 1 aromatic rings. The average molecular weight is 302 g/mol. The van der Waals surface area contributed by atoms with Gasteiger partial charge in [0.2, 0.25) is 0 Å². The number of nitrogens with one attached hydrogen (secondary N) is 1. The molecule has 1 N–H and O–H groups in total. The maximum atomic E-state index is 5.35. The molecular formula is C14H26N2O5. The number of aromatic nitrogens is 1. The van der Waals surface area contributed by atoms with Crippen LogP contribution in [0.15, 0.2) is 10.7 Å². The van der Waals surface area contributed by atoms with Crippen molar-refractivity contribution in [2.45, 2.75) is 19.9 Å². The highest BCUT2D eigenvalue weighted by atomic mass is 16.6. The number of rotatable bonds is 14. The van der Waals surface area contributed by atoms with Crippen LogP contribution < -0.4 is 10.1 Å². The molecule has 0 bridgehead atoms. The Bertz CT molecular complexity index is 346. The number of hydrogen-bond acceptors (Lipinski definition) is 7. The number of hydrogen-bond donors (Lipinski definition) is 1. The first kappa shape index (κ1) is 17.9. The van der Waals surface area contributed by atoms with Crippen molar-refractivity contribution >= 4 is 0 Å². The highest BCUT2D eigenvalue weighted by Gasteiger charge is 2.04. The van der Waals surface area contributed by atoms with Crippen molar-refractivity contribution < 1.29 is 23.4 Å². The Hall–Kier alpha value is -1.15. The lowest BCUT2D eigenvalue weighted by atomic mass is 10.4. The predicted octanol–water partition coefficient (Wildman–Crippen LogP) is 1.23. The van der Waals surface area contributed by atoms with E-state index in [4.69, 9.17) is 23.4 Å². The Balaban J connectivity index is 1.95. The fourth-order valence-electron chi connectivity index (χ4n) is 1.48. The molecule has 0 fully saturated rings. The molecule has 0 atom stereocenters. The highest BCUT2D eigenvalue weighted by Crippen LogP contribution is 2.09. The maximum absolute atomic E-state index is 5.35. The first-order chi connectivity index (χ1) is 10.4. The van der Waals surface area contributed by atoms with Crippen LogP contribution in [0.2, 0.25) is 0 Å². The van der Waals surface area contributed by atoms with Crippen molar-refractivity contribution in [2.75, 3.05) is 53.3 Å². The minimum atomic E-state index is 0.281. The molecule has 0 radical (unpaired) electrons. The summed E-state index contributed by atoms with van der Waals surface area (Å²) in [6.07, 6.45) is 2.97. The number of nitrogens with zero attached hydrogens (tertiary/aromatic N) is 1. The van der Waals surface area contributed by atoms with E-state index >= 15 is 0 Å². The van der Waals surface area contributed by atoms with Gasteiger partial charge in [0.25, 0.3) is 0 Å². The third-order valence-electron chi connectivity index (χ3n) is 2.52. The molecule has 122 valence electrons. The van der Waals surface area contributed by atoms with E-state index < -0.39 is 0 Å². The van der Waals surface area contributed by atoms with Gasteiger partial charge in [-0.1, -0.05) is 6.92 Å². The average Bonchev–Trinajstić information content (AvgIpc) is 2.94. The fourth-order valence-corrected chi connectivity index (χ4v) is 1.48. The van der Waals surface area contributed by atoms with Gasteiger partial charge in [0.1, 0.15) is 12.9 Å². The lowest BCUT2D eigenvalue weighted by molar-refractivity contribution is 0.0157. The van der Waals surface area contributed by atoms with E-state index in [9.17, 15) is 0 Å². The Morgan fingerprint density at radius 2 is 1.81 bits per heavy atom. The molecule has 7 nitrogen and oxygen atoms in total. The second-order valence-corrected chi connectivity index (χ2v) is 4.35. The van der Waals surface area contributed by atoms with Crippen LogP contribution in [0.3, 0.4) is 0 Å². The largest absolute Gasteiger partial charge is 0.448 e. The molecule has 0 amide bonds. The van der Waals surface area contributed by atoms with Crippen molar-refractivity contribution in [2.24, 2.45) is 0 Å². The Morgan fingerprint density at radius 3 is 2.52 bits per heavy atom. The molecule has 0 aliphatic carbocycles. The van der Waals surface area contributed by atoms with Gasteiger partial charge in [0.05, 0.1) is 38.7 Å². The van der Waals surface area contributed by atoms with Crippen molar-refractivity contribution in [3.05, 3.63) is 12.0 Å². The summed E-state index contributed by atoms with van der Waals surface area (Å²) in [6, 6.07) is 0. The van der Waals surface area contributed by atoms with E-state index in [1.807, 2.05) is 0 Å². The highest BCUT2D eigenvalue weighted by molar-refractivity contribution is 4.99. The zero-order valence-corrected chi connectivity index (χ0v) is 12.9. The summed E-state index contributed by atoms with van der Waals surface area (Å²) in [5.74, 6) is 0. The molecule has 1 aromatic heterocycles. The molecule has 7 heteroatoms. The number of oxazole rings is 1. The summed E-state index contributed by atoms with van der Waals surface area (Å²) < 4.78 is 26.0. The van der Waals surface area contributed by atoms with Gasteiger partial charge in [-0.15, -0.1) is 0 Å². The molecule has 1 rings (SSSR count). The minimum absolute atomic E-state index is 0.281. The van der Waals surface area contributed by atoms with E-state index in [1.54, 1.807) is 13.4 Å². The molecule has 0 aromatic carbocycles. The molecular weight excluding hydrogens is 276 g/mol. The first-order valence-corrected chi connectivity index (χ1v) is 7.29. The second-order valence-electron chi connectivity index (χ2n) is 4.35. The SMILES string of the molecule is CCCNCc1coc(OCCOCCOCCOC)n1. The Kier molecular flexibility index (Phi) is 10.7. The number of ether oxygens (including phenoxy) is 4.